The van der Waals surface area contributed by atoms with Gasteiger partial charge in [0.05, 0.1) is 11.3 Å². The van der Waals surface area contributed by atoms with E-state index in [2.05, 4.69) is 10.2 Å². The highest BCUT2D eigenvalue weighted by Crippen LogP contribution is 2.20. The standard InChI is InChI=1S/C25H27F2N3O2/c26-18-10-11-23(22(27)16-18)30-17-21(19-8-3-4-9-20(19)25(30)32)24(31)28-12-7-15-29-13-5-1-2-6-14-29/h3-4,8-11,16-17H,1-2,5-7,12-15H2,(H,28,31). The van der Waals surface area contributed by atoms with Gasteiger partial charge in [0.1, 0.15) is 11.6 Å². The summed E-state index contributed by atoms with van der Waals surface area (Å²) in [4.78, 5) is 28.4. The van der Waals surface area contributed by atoms with E-state index in [-0.39, 0.29) is 17.2 Å². The number of carbonyl (C=O) groups is 1. The molecule has 2 aromatic carbocycles. The Bertz CT molecular complexity index is 1170. The number of likely N-dealkylation sites (tertiary alicyclic amines) is 1. The van der Waals surface area contributed by atoms with E-state index in [4.69, 9.17) is 0 Å². The second-order valence-corrected chi connectivity index (χ2v) is 8.22. The van der Waals surface area contributed by atoms with E-state index < -0.39 is 17.2 Å². The van der Waals surface area contributed by atoms with Gasteiger partial charge in [-0.05, 0) is 57.1 Å². The predicted molar refractivity (Wildman–Crippen MR) is 121 cm³/mol. The molecule has 1 aromatic heterocycles. The minimum atomic E-state index is -0.869. The SMILES string of the molecule is O=C(NCCCN1CCCCCC1)c1cn(-c2ccc(F)cc2F)c(=O)c2ccccc12. The molecule has 4 rings (SSSR count). The third-order valence-electron chi connectivity index (χ3n) is 5.97. The molecule has 1 aliphatic heterocycles. The smallest absolute Gasteiger partial charge is 0.263 e. The number of rotatable bonds is 6. The highest BCUT2D eigenvalue weighted by atomic mass is 19.1. The van der Waals surface area contributed by atoms with Crippen molar-refractivity contribution in [2.45, 2.75) is 32.1 Å². The Balaban J connectivity index is 1.56. The molecule has 0 spiro atoms. The molecule has 0 aliphatic carbocycles. The molecule has 1 fully saturated rings. The number of nitrogens with one attached hydrogen (secondary N) is 1. The Morgan fingerprint density at radius 2 is 1.69 bits per heavy atom. The van der Waals surface area contributed by atoms with Gasteiger partial charge in [0, 0.05) is 29.6 Å². The molecule has 168 valence electrons. The lowest BCUT2D eigenvalue weighted by Gasteiger charge is -2.19. The summed E-state index contributed by atoms with van der Waals surface area (Å²) in [5.74, 6) is -1.93. The lowest BCUT2D eigenvalue weighted by molar-refractivity contribution is 0.0952. The molecule has 32 heavy (non-hydrogen) atoms. The van der Waals surface area contributed by atoms with E-state index in [0.717, 1.165) is 42.8 Å². The second kappa shape index (κ2) is 10.0. The van der Waals surface area contributed by atoms with Crippen molar-refractivity contribution in [1.82, 2.24) is 14.8 Å². The summed E-state index contributed by atoms with van der Waals surface area (Å²) in [5.41, 5.74) is -0.292. The second-order valence-electron chi connectivity index (χ2n) is 8.22. The number of amides is 1. The molecule has 5 nitrogen and oxygen atoms in total. The number of carbonyl (C=O) groups excluding carboxylic acids is 1. The molecule has 1 N–H and O–H groups in total. The van der Waals surface area contributed by atoms with Gasteiger partial charge in [-0.3, -0.25) is 14.2 Å². The summed E-state index contributed by atoms with van der Waals surface area (Å²) in [6.45, 7) is 3.65. The molecular weight excluding hydrogens is 412 g/mol. The number of pyridine rings is 1. The van der Waals surface area contributed by atoms with Crippen molar-refractivity contribution in [2.24, 2.45) is 0 Å². The van der Waals surface area contributed by atoms with Gasteiger partial charge in [-0.25, -0.2) is 8.78 Å². The first-order chi connectivity index (χ1) is 15.5. The summed E-state index contributed by atoms with van der Waals surface area (Å²) in [7, 11) is 0. The molecule has 1 amide bonds. The van der Waals surface area contributed by atoms with Crippen molar-refractivity contribution in [1.29, 1.82) is 0 Å². The van der Waals surface area contributed by atoms with Crippen LogP contribution >= 0.6 is 0 Å². The zero-order valence-electron chi connectivity index (χ0n) is 17.9. The van der Waals surface area contributed by atoms with Gasteiger partial charge >= 0.3 is 0 Å². The van der Waals surface area contributed by atoms with Crippen molar-refractivity contribution in [3.8, 4) is 5.69 Å². The van der Waals surface area contributed by atoms with Gasteiger partial charge in [0.15, 0.2) is 0 Å². The molecule has 0 bridgehead atoms. The van der Waals surface area contributed by atoms with Crippen molar-refractivity contribution in [3.63, 3.8) is 0 Å². The Morgan fingerprint density at radius 1 is 0.969 bits per heavy atom. The van der Waals surface area contributed by atoms with Gasteiger partial charge in [-0.1, -0.05) is 31.0 Å². The van der Waals surface area contributed by atoms with Crippen LogP contribution in [0.5, 0.6) is 0 Å². The van der Waals surface area contributed by atoms with Gasteiger partial charge in [0.25, 0.3) is 11.5 Å². The molecule has 0 unspecified atom stereocenters. The third-order valence-corrected chi connectivity index (χ3v) is 5.97. The highest BCUT2D eigenvalue weighted by molar-refractivity contribution is 6.06. The largest absolute Gasteiger partial charge is 0.352 e. The fourth-order valence-corrected chi connectivity index (χ4v) is 4.29. The molecule has 0 radical (unpaired) electrons. The van der Waals surface area contributed by atoms with Crippen LogP contribution in [-0.4, -0.2) is 41.6 Å². The monoisotopic (exact) mass is 439 g/mol. The fourth-order valence-electron chi connectivity index (χ4n) is 4.29. The molecule has 2 heterocycles. The number of fused-ring (bicyclic) bond motifs is 1. The van der Waals surface area contributed by atoms with E-state index in [0.29, 0.717) is 17.3 Å². The van der Waals surface area contributed by atoms with Gasteiger partial charge in [-0.15, -0.1) is 0 Å². The Morgan fingerprint density at radius 3 is 2.41 bits per heavy atom. The van der Waals surface area contributed by atoms with Gasteiger partial charge < -0.3 is 10.2 Å². The average molecular weight is 440 g/mol. The van der Waals surface area contributed by atoms with E-state index >= 15 is 0 Å². The molecule has 7 heteroatoms. The zero-order valence-corrected chi connectivity index (χ0v) is 17.9. The van der Waals surface area contributed by atoms with Crippen molar-refractivity contribution < 1.29 is 13.6 Å². The molecule has 1 saturated heterocycles. The lowest BCUT2D eigenvalue weighted by atomic mass is 10.1. The first-order valence-corrected chi connectivity index (χ1v) is 11.1. The maximum absolute atomic E-state index is 14.4. The number of halogens is 2. The maximum Gasteiger partial charge on any atom is 0.263 e. The van der Waals surface area contributed by atoms with E-state index in [1.807, 2.05) is 0 Å². The summed E-state index contributed by atoms with van der Waals surface area (Å²) in [6.07, 6.45) is 7.18. The van der Waals surface area contributed by atoms with E-state index in [9.17, 15) is 18.4 Å². The van der Waals surface area contributed by atoms with Crippen LogP contribution < -0.4 is 10.9 Å². The number of hydrogen-bond acceptors (Lipinski definition) is 3. The topological polar surface area (TPSA) is 54.3 Å². The quantitative estimate of drug-likeness (QED) is 0.584. The number of aromatic nitrogens is 1. The van der Waals surface area contributed by atoms with Crippen LogP contribution in [-0.2, 0) is 0 Å². The van der Waals surface area contributed by atoms with Crippen molar-refractivity contribution in [2.75, 3.05) is 26.2 Å². The van der Waals surface area contributed by atoms with Crippen LogP contribution in [0.2, 0.25) is 0 Å². The summed E-state index contributed by atoms with van der Waals surface area (Å²) < 4.78 is 28.8. The van der Waals surface area contributed by atoms with Crippen LogP contribution in [0.1, 0.15) is 42.5 Å². The van der Waals surface area contributed by atoms with Crippen LogP contribution in [0.15, 0.2) is 53.5 Å². The van der Waals surface area contributed by atoms with Crippen LogP contribution in [0.4, 0.5) is 8.78 Å². The van der Waals surface area contributed by atoms with Crippen molar-refractivity contribution >= 4 is 16.7 Å². The van der Waals surface area contributed by atoms with Gasteiger partial charge in [-0.2, -0.15) is 0 Å². The third kappa shape index (κ3) is 4.88. The van der Waals surface area contributed by atoms with Gasteiger partial charge in [0.2, 0.25) is 0 Å². The molecule has 1 aliphatic rings. The highest BCUT2D eigenvalue weighted by Gasteiger charge is 2.17. The summed E-state index contributed by atoms with van der Waals surface area (Å²) in [6, 6.07) is 9.75. The first kappa shape index (κ1) is 22.1. The van der Waals surface area contributed by atoms with Crippen LogP contribution in [0, 0.1) is 11.6 Å². The number of benzene rings is 2. The minimum absolute atomic E-state index is 0.0997. The van der Waals surface area contributed by atoms with E-state index in [1.165, 1.54) is 37.9 Å². The molecule has 0 atom stereocenters. The van der Waals surface area contributed by atoms with E-state index in [1.54, 1.807) is 24.3 Å². The normalized spacial score (nSPS) is 14.9. The average Bonchev–Trinajstić information content (AvgIpc) is 3.06. The first-order valence-electron chi connectivity index (χ1n) is 11.1. The maximum atomic E-state index is 14.4. The molecule has 0 saturated carbocycles. The lowest BCUT2D eigenvalue weighted by Crippen LogP contribution is -2.31. The molecule has 3 aromatic rings. The zero-order chi connectivity index (χ0) is 22.5. The fraction of sp³-hybridized carbons (Fsp3) is 0.360. The summed E-state index contributed by atoms with van der Waals surface area (Å²) >= 11 is 0. The number of nitrogens with zero attached hydrogens (tertiary/aromatic N) is 2. The Hall–Kier alpha value is -3.06. The molecular formula is C25H27F2N3O2. The minimum Gasteiger partial charge on any atom is -0.352 e. The van der Waals surface area contributed by atoms with Crippen LogP contribution in [0.25, 0.3) is 16.5 Å². The Labute approximate surface area is 185 Å². The van der Waals surface area contributed by atoms with Crippen LogP contribution in [0.3, 0.4) is 0 Å². The number of hydrogen-bond donors (Lipinski definition) is 1. The predicted octanol–water partition coefficient (Wildman–Crippen LogP) is 4.26. The summed E-state index contributed by atoms with van der Waals surface area (Å²) in [5, 5.41) is 3.73. The Kier molecular flexibility index (Phi) is 6.95. The van der Waals surface area contributed by atoms with Crippen molar-refractivity contribution in [3.05, 3.63) is 76.2 Å².